The number of carbonyl (C=O) groups is 1. The molecule has 0 aliphatic heterocycles. The first-order valence-corrected chi connectivity index (χ1v) is 10.2. The van der Waals surface area contributed by atoms with Gasteiger partial charge in [0, 0.05) is 0 Å². The topological polar surface area (TPSA) is 58.6 Å². The maximum atomic E-state index is 12.7. The fraction of sp³-hybridized carbons (Fsp3) is 0.192. The molecule has 4 heteroatoms. The molecule has 1 atom stereocenters. The van der Waals surface area contributed by atoms with Crippen LogP contribution < -0.4 is 10.1 Å². The standard InChI is InChI=1S/C26H25NO3/c1-18(19-5-3-2-4-6-19)27-26(29)25(17-28)22-9-7-20(8-10-22)21-11-13-23(14-12-21)30-24-15-16-24/h2-14,17-18,24,28H,15-16H2,1H3,(H,27,29)/t18-/m1/s1. The highest BCUT2D eigenvalue weighted by atomic mass is 16.5. The van der Waals surface area contributed by atoms with E-state index in [4.69, 9.17) is 4.74 Å². The van der Waals surface area contributed by atoms with Gasteiger partial charge in [-0.25, -0.2) is 0 Å². The van der Waals surface area contributed by atoms with Crippen LogP contribution in [0, 0.1) is 0 Å². The largest absolute Gasteiger partial charge is 0.515 e. The van der Waals surface area contributed by atoms with Crippen molar-refractivity contribution in [2.75, 3.05) is 0 Å². The van der Waals surface area contributed by atoms with Gasteiger partial charge in [-0.3, -0.25) is 4.79 Å². The minimum Gasteiger partial charge on any atom is -0.515 e. The molecule has 0 unspecified atom stereocenters. The predicted molar refractivity (Wildman–Crippen MR) is 119 cm³/mol. The van der Waals surface area contributed by atoms with Gasteiger partial charge in [-0.2, -0.15) is 0 Å². The van der Waals surface area contributed by atoms with Gasteiger partial charge in [0.2, 0.25) is 0 Å². The number of nitrogens with one attached hydrogen (secondary N) is 1. The summed E-state index contributed by atoms with van der Waals surface area (Å²) >= 11 is 0. The van der Waals surface area contributed by atoms with E-state index >= 15 is 0 Å². The number of ether oxygens (including phenoxy) is 1. The van der Waals surface area contributed by atoms with Gasteiger partial charge in [0.05, 0.1) is 24.0 Å². The third-order valence-electron chi connectivity index (χ3n) is 5.23. The van der Waals surface area contributed by atoms with Gasteiger partial charge in [-0.1, -0.05) is 66.7 Å². The molecule has 2 N–H and O–H groups in total. The normalized spacial score (nSPS) is 14.8. The molecule has 3 aromatic carbocycles. The fourth-order valence-corrected chi connectivity index (χ4v) is 3.31. The van der Waals surface area contributed by atoms with E-state index < -0.39 is 0 Å². The van der Waals surface area contributed by atoms with E-state index in [1.807, 2.05) is 85.8 Å². The van der Waals surface area contributed by atoms with Gasteiger partial charge < -0.3 is 15.2 Å². The van der Waals surface area contributed by atoms with Crippen LogP contribution in [0.4, 0.5) is 0 Å². The molecule has 1 aliphatic carbocycles. The van der Waals surface area contributed by atoms with E-state index in [1.54, 1.807) is 0 Å². The minimum atomic E-state index is -0.316. The van der Waals surface area contributed by atoms with Crippen LogP contribution in [0.2, 0.25) is 0 Å². The molecule has 0 radical (unpaired) electrons. The smallest absolute Gasteiger partial charge is 0.255 e. The maximum Gasteiger partial charge on any atom is 0.255 e. The average molecular weight is 399 g/mol. The van der Waals surface area contributed by atoms with E-state index in [9.17, 15) is 9.90 Å². The molecule has 4 nitrogen and oxygen atoms in total. The lowest BCUT2D eigenvalue weighted by atomic mass is 10.00. The second kappa shape index (κ2) is 8.87. The zero-order chi connectivity index (χ0) is 20.9. The van der Waals surface area contributed by atoms with Gasteiger partial charge >= 0.3 is 0 Å². The van der Waals surface area contributed by atoms with E-state index in [2.05, 4.69) is 5.32 Å². The monoisotopic (exact) mass is 399 g/mol. The summed E-state index contributed by atoms with van der Waals surface area (Å²) in [4.78, 5) is 12.7. The number of hydrogen-bond acceptors (Lipinski definition) is 3. The Morgan fingerprint density at radius 1 is 0.967 bits per heavy atom. The highest BCUT2D eigenvalue weighted by Gasteiger charge is 2.23. The van der Waals surface area contributed by atoms with Crippen molar-refractivity contribution >= 4 is 11.5 Å². The van der Waals surface area contributed by atoms with Crippen molar-refractivity contribution in [3.05, 3.63) is 96.3 Å². The Balaban J connectivity index is 1.44. The molecule has 152 valence electrons. The first kappa shape index (κ1) is 19.8. The molecule has 0 spiro atoms. The summed E-state index contributed by atoms with van der Waals surface area (Å²) in [6, 6.07) is 25.2. The summed E-state index contributed by atoms with van der Waals surface area (Å²) in [5.41, 5.74) is 4.01. The zero-order valence-corrected chi connectivity index (χ0v) is 16.9. The molecule has 30 heavy (non-hydrogen) atoms. The van der Waals surface area contributed by atoms with Gasteiger partial charge in [0.1, 0.15) is 5.75 Å². The molecule has 0 aromatic heterocycles. The second-order valence-corrected chi connectivity index (χ2v) is 7.57. The lowest BCUT2D eigenvalue weighted by molar-refractivity contribution is -0.116. The van der Waals surface area contributed by atoms with Gasteiger partial charge in [0.25, 0.3) is 5.91 Å². The van der Waals surface area contributed by atoms with Crippen molar-refractivity contribution in [1.29, 1.82) is 0 Å². The van der Waals surface area contributed by atoms with Gasteiger partial charge in [-0.05, 0) is 54.2 Å². The number of benzene rings is 3. The second-order valence-electron chi connectivity index (χ2n) is 7.57. The molecule has 1 fully saturated rings. The maximum absolute atomic E-state index is 12.7. The summed E-state index contributed by atoms with van der Waals surface area (Å²) in [6.07, 6.45) is 3.53. The summed E-state index contributed by atoms with van der Waals surface area (Å²) in [5.74, 6) is 0.579. The van der Waals surface area contributed by atoms with E-state index in [0.29, 0.717) is 11.7 Å². The first-order chi connectivity index (χ1) is 14.6. The highest BCUT2D eigenvalue weighted by Crippen LogP contribution is 2.29. The Hall–Kier alpha value is -3.53. The van der Waals surface area contributed by atoms with Crippen molar-refractivity contribution in [1.82, 2.24) is 5.32 Å². The summed E-state index contributed by atoms with van der Waals surface area (Å²) in [6.45, 7) is 1.92. The molecule has 0 heterocycles. The summed E-state index contributed by atoms with van der Waals surface area (Å²) in [7, 11) is 0. The molecule has 0 saturated heterocycles. The Bertz CT molecular complexity index is 1020. The molecule has 1 saturated carbocycles. The minimum absolute atomic E-state index is 0.163. The van der Waals surface area contributed by atoms with E-state index in [-0.39, 0.29) is 17.5 Å². The molecular weight excluding hydrogens is 374 g/mol. The Morgan fingerprint density at radius 3 is 2.13 bits per heavy atom. The lowest BCUT2D eigenvalue weighted by Gasteiger charge is -2.16. The van der Waals surface area contributed by atoms with E-state index in [1.165, 1.54) is 0 Å². The molecule has 1 amide bonds. The number of hydrogen-bond donors (Lipinski definition) is 2. The Labute approximate surface area is 176 Å². The number of rotatable bonds is 7. The highest BCUT2D eigenvalue weighted by molar-refractivity contribution is 6.19. The summed E-state index contributed by atoms with van der Waals surface area (Å²) < 4.78 is 5.79. The van der Waals surface area contributed by atoms with Crippen molar-refractivity contribution in [3.63, 3.8) is 0 Å². The SMILES string of the molecule is C[C@@H](NC(=O)C(=CO)c1ccc(-c2ccc(OC3CC3)cc2)cc1)c1ccccc1. The first-order valence-electron chi connectivity index (χ1n) is 10.2. The Kier molecular flexibility index (Phi) is 5.84. The molecule has 3 aromatic rings. The fourth-order valence-electron chi connectivity index (χ4n) is 3.31. The van der Waals surface area contributed by atoms with Crippen LogP contribution in [0.5, 0.6) is 5.75 Å². The zero-order valence-electron chi connectivity index (χ0n) is 16.9. The van der Waals surface area contributed by atoms with Crippen LogP contribution in [-0.4, -0.2) is 17.1 Å². The number of amides is 1. The van der Waals surface area contributed by atoms with Crippen LogP contribution in [0.1, 0.15) is 36.9 Å². The van der Waals surface area contributed by atoms with Gasteiger partial charge in [-0.15, -0.1) is 0 Å². The van der Waals surface area contributed by atoms with Crippen LogP contribution in [0.3, 0.4) is 0 Å². The quantitative estimate of drug-likeness (QED) is 0.397. The van der Waals surface area contributed by atoms with Crippen molar-refractivity contribution in [2.24, 2.45) is 0 Å². The van der Waals surface area contributed by atoms with Crippen LogP contribution in [-0.2, 0) is 4.79 Å². The van der Waals surface area contributed by atoms with Crippen LogP contribution >= 0.6 is 0 Å². The molecule has 1 aliphatic rings. The summed E-state index contributed by atoms with van der Waals surface area (Å²) in [5, 5.41) is 12.6. The third-order valence-corrected chi connectivity index (χ3v) is 5.23. The molecule has 4 rings (SSSR count). The average Bonchev–Trinajstić information content (AvgIpc) is 3.60. The van der Waals surface area contributed by atoms with Crippen molar-refractivity contribution in [3.8, 4) is 16.9 Å². The molecular formula is C26H25NO3. The number of carbonyl (C=O) groups excluding carboxylic acids is 1. The van der Waals surface area contributed by atoms with Crippen molar-refractivity contribution < 1.29 is 14.6 Å². The predicted octanol–water partition coefficient (Wildman–Crippen LogP) is 5.67. The van der Waals surface area contributed by atoms with Gasteiger partial charge in [0.15, 0.2) is 0 Å². The third kappa shape index (κ3) is 4.71. The van der Waals surface area contributed by atoms with E-state index in [0.717, 1.165) is 41.5 Å². The van der Waals surface area contributed by atoms with Crippen LogP contribution in [0.25, 0.3) is 16.7 Å². The van der Waals surface area contributed by atoms with Crippen molar-refractivity contribution in [2.45, 2.75) is 31.9 Å². The number of aliphatic hydroxyl groups is 1. The number of aliphatic hydroxyl groups excluding tert-OH is 1. The molecule has 0 bridgehead atoms. The van der Waals surface area contributed by atoms with Crippen LogP contribution in [0.15, 0.2) is 85.1 Å². The Morgan fingerprint density at radius 2 is 1.57 bits per heavy atom. The lowest BCUT2D eigenvalue weighted by Crippen LogP contribution is -2.27.